The molecule has 2 atom stereocenters. The van der Waals surface area contributed by atoms with Crippen LogP contribution >= 0.6 is 0 Å². The van der Waals surface area contributed by atoms with Gasteiger partial charge in [0.1, 0.15) is 24.0 Å². The van der Waals surface area contributed by atoms with Crippen molar-refractivity contribution in [3.63, 3.8) is 0 Å². The summed E-state index contributed by atoms with van der Waals surface area (Å²) in [5, 5.41) is 0. The van der Waals surface area contributed by atoms with Crippen molar-refractivity contribution in [1.29, 1.82) is 0 Å². The number of halogens is 2. The number of carbonyl (C=O) groups is 1. The second kappa shape index (κ2) is 6.99. The summed E-state index contributed by atoms with van der Waals surface area (Å²) >= 11 is 0. The highest BCUT2D eigenvalue weighted by molar-refractivity contribution is 5.82. The van der Waals surface area contributed by atoms with Crippen LogP contribution in [-0.2, 0) is 4.79 Å². The van der Waals surface area contributed by atoms with Gasteiger partial charge in [-0.05, 0) is 54.3 Å². The van der Waals surface area contributed by atoms with E-state index in [4.69, 9.17) is 4.74 Å². The van der Waals surface area contributed by atoms with Gasteiger partial charge in [-0.15, -0.1) is 0 Å². The molecule has 0 N–H and O–H groups in total. The molecule has 1 saturated carbocycles. The molecule has 0 radical (unpaired) electrons. The van der Waals surface area contributed by atoms with Crippen LogP contribution in [0, 0.1) is 17.6 Å². The molecule has 0 spiro atoms. The Labute approximate surface area is 139 Å². The van der Waals surface area contributed by atoms with Crippen LogP contribution in [0.1, 0.15) is 17.9 Å². The number of hydrogen-bond donors (Lipinski definition) is 0. The third-order valence-electron chi connectivity index (χ3n) is 4.29. The highest BCUT2D eigenvalue weighted by Gasteiger charge is 2.45. The molecule has 1 aliphatic rings. The topological polar surface area (TPSA) is 29.5 Å². The lowest BCUT2D eigenvalue weighted by Gasteiger charge is -2.17. The zero-order valence-electron chi connectivity index (χ0n) is 13.4. The molecule has 2 aromatic carbocycles. The maximum absolute atomic E-state index is 12.9. The standard InChI is InChI=1S/C19H19F2NO2/c1-22(10-11-24-16-8-6-15(21)7-9-16)19(23)18-12-17(18)13-2-4-14(20)5-3-13/h2-9,17-18H,10-12H2,1H3. The molecule has 0 bridgehead atoms. The molecule has 1 fully saturated rings. The lowest BCUT2D eigenvalue weighted by Crippen LogP contribution is -2.32. The van der Waals surface area contributed by atoms with Crippen LogP contribution in [0.25, 0.3) is 0 Å². The van der Waals surface area contributed by atoms with Crippen LogP contribution in [0.15, 0.2) is 48.5 Å². The summed E-state index contributed by atoms with van der Waals surface area (Å²) in [4.78, 5) is 14.0. The van der Waals surface area contributed by atoms with Gasteiger partial charge in [0.15, 0.2) is 0 Å². The van der Waals surface area contributed by atoms with Crippen LogP contribution in [0.5, 0.6) is 5.75 Å². The molecule has 1 aliphatic carbocycles. The Morgan fingerprint density at radius 2 is 1.67 bits per heavy atom. The number of ether oxygens (including phenoxy) is 1. The SMILES string of the molecule is CN(CCOc1ccc(F)cc1)C(=O)C1CC1c1ccc(F)cc1. The fourth-order valence-electron chi connectivity index (χ4n) is 2.77. The first-order valence-electron chi connectivity index (χ1n) is 7.93. The number of likely N-dealkylation sites (N-methyl/N-ethyl adjacent to an activating group) is 1. The van der Waals surface area contributed by atoms with E-state index < -0.39 is 0 Å². The monoisotopic (exact) mass is 331 g/mol. The fourth-order valence-corrected chi connectivity index (χ4v) is 2.77. The Morgan fingerprint density at radius 1 is 1.08 bits per heavy atom. The van der Waals surface area contributed by atoms with Crippen molar-refractivity contribution in [1.82, 2.24) is 4.90 Å². The van der Waals surface area contributed by atoms with Crippen molar-refractivity contribution in [3.05, 3.63) is 65.7 Å². The van der Waals surface area contributed by atoms with E-state index in [0.29, 0.717) is 18.9 Å². The molecule has 0 aromatic heterocycles. The van der Waals surface area contributed by atoms with Crippen LogP contribution < -0.4 is 4.74 Å². The Balaban J connectivity index is 1.45. The average molecular weight is 331 g/mol. The molecule has 126 valence electrons. The second-order valence-corrected chi connectivity index (χ2v) is 6.06. The molecule has 3 nitrogen and oxygen atoms in total. The van der Waals surface area contributed by atoms with Crippen LogP contribution in [0.3, 0.4) is 0 Å². The summed E-state index contributed by atoms with van der Waals surface area (Å²) < 4.78 is 31.3. The molecule has 2 aromatic rings. The molecule has 24 heavy (non-hydrogen) atoms. The first-order chi connectivity index (χ1) is 11.5. The first kappa shape index (κ1) is 16.4. The van der Waals surface area contributed by atoms with E-state index in [9.17, 15) is 13.6 Å². The van der Waals surface area contributed by atoms with Crippen molar-refractivity contribution in [2.75, 3.05) is 20.2 Å². The van der Waals surface area contributed by atoms with Gasteiger partial charge in [0.05, 0.1) is 6.54 Å². The van der Waals surface area contributed by atoms with Gasteiger partial charge in [-0.25, -0.2) is 8.78 Å². The molecule has 0 saturated heterocycles. The number of benzene rings is 2. The maximum Gasteiger partial charge on any atom is 0.226 e. The van der Waals surface area contributed by atoms with Crippen molar-refractivity contribution in [3.8, 4) is 5.75 Å². The summed E-state index contributed by atoms with van der Waals surface area (Å²) in [5.41, 5.74) is 1.01. The molecule has 0 heterocycles. The zero-order valence-corrected chi connectivity index (χ0v) is 13.4. The van der Waals surface area contributed by atoms with Gasteiger partial charge < -0.3 is 9.64 Å². The Bertz CT molecular complexity index is 700. The second-order valence-electron chi connectivity index (χ2n) is 6.06. The molecular formula is C19H19F2NO2. The van der Waals surface area contributed by atoms with E-state index >= 15 is 0 Å². The summed E-state index contributed by atoms with van der Waals surface area (Å²) in [6, 6.07) is 12.1. The number of hydrogen-bond acceptors (Lipinski definition) is 2. The van der Waals surface area contributed by atoms with Crippen LogP contribution in [-0.4, -0.2) is 31.0 Å². The predicted molar refractivity (Wildman–Crippen MR) is 86.8 cm³/mol. The third-order valence-corrected chi connectivity index (χ3v) is 4.29. The molecule has 0 aliphatic heterocycles. The predicted octanol–water partition coefficient (Wildman–Crippen LogP) is 3.61. The van der Waals surface area contributed by atoms with Crippen molar-refractivity contribution in [2.24, 2.45) is 5.92 Å². The lowest BCUT2D eigenvalue weighted by molar-refractivity contribution is -0.131. The summed E-state index contributed by atoms with van der Waals surface area (Å²) in [6.07, 6.45) is 0.799. The maximum atomic E-state index is 12.9. The number of carbonyl (C=O) groups excluding carboxylic acids is 1. The molecule has 3 rings (SSSR count). The summed E-state index contributed by atoms with van der Waals surface area (Å²) in [6.45, 7) is 0.810. The third kappa shape index (κ3) is 3.91. The highest BCUT2D eigenvalue weighted by atomic mass is 19.1. The average Bonchev–Trinajstić information content (AvgIpc) is 3.37. The minimum atomic E-state index is -0.310. The van der Waals surface area contributed by atoms with Gasteiger partial charge in [0.25, 0.3) is 0 Å². The van der Waals surface area contributed by atoms with E-state index in [1.165, 1.54) is 24.3 Å². The van der Waals surface area contributed by atoms with E-state index in [-0.39, 0.29) is 29.4 Å². The number of rotatable bonds is 6. The molecule has 2 unspecified atom stereocenters. The van der Waals surface area contributed by atoms with Gasteiger partial charge in [0, 0.05) is 13.0 Å². The van der Waals surface area contributed by atoms with E-state index in [2.05, 4.69) is 0 Å². The van der Waals surface area contributed by atoms with Crippen molar-refractivity contribution < 1.29 is 18.3 Å². The Hall–Kier alpha value is -2.43. The highest BCUT2D eigenvalue weighted by Crippen LogP contribution is 2.48. The zero-order chi connectivity index (χ0) is 17.1. The van der Waals surface area contributed by atoms with E-state index in [1.807, 2.05) is 0 Å². The smallest absolute Gasteiger partial charge is 0.226 e. The number of amides is 1. The van der Waals surface area contributed by atoms with E-state index in [1.54, 1.807) is 36.2 Å². The molecular weight excluding hydrogens is 312 g/mol. The quantitative estimate of drug-likeness (QED) is 0.809. The summed E-state index contributed by atoms with van der Waals surface area (Å²) in [7, 11) is 1.75. The first-order valence-corrected chi connectivity index (χ1v) is 7.93. The summed E-state index contributed by atoms with van der Waals surface area (Å²) in [5.74, 6) is 0.220. The van der Waals surface area contributed by atoms with Crippen LogP contribution in [0.4, 0.5) is 8.78 Å². The molecule has 1 amide bonds. The fraction of sp³-hybridized carbons (Fsp3) is 0.316. The largest absolute Gasteiger partial charge is 0.492 e. The van der Waals surface area contributed by atoms with Crippen molar-refractivity contribution >= 4 is 5.91 Å². The molecule has 5 heteroatoms. The van der Waals surface area contributed by atoms with Gasteiger partial charge >= 0.3 is 0 Å². The van der Waals surface area contributed by atoms with E-state index in [0.717, 1.165) is 12.0 Å². The number of nitrogens with zero attached hydrogens (tertiary/aromatic N) is 1. The van der Waals surface area contributed by atoms with Gasteiger partial charge in [-0.1, -0.05) is 12.1 Å². The lowest BCUT2D eigenvalue weighted by atomic mass is 10.1. The minimum Gasteiger partial charge on any atom is -0.492 e. The Kier molecular flexibility index (Phi) is 4.79. The van der Waals surface area contributed by atoms with Crippen molar-refractivity contribution in [2.45, 2.75) is 12.3 Å². The Morgan fingerprint density at radius 3 is 2.29 bits per heavy atom. The van der Waals surface area contributed by atoms with Gasteiger partial charge in [-0.3, -0.25) is 4.79 Å². The normalized spacial score (nSPS) is 19.0. The minimum absolute atomic E-state index is 0.0358. The van der Waals surface area contributed by atoms with Gasteiger partial charge in [-0.2, -0.15) is 0 Å². The van der Waals surface area contributed by atoms with Crippen LogP contribution in [0.2, 0.25) is 0 Å². The van der Waals surface area contributed by atoms with Gasteiger partial charge in [0.2, 0.25) is 5.91 Å².